The summed E-state index contributed by atoms with van der Waals surface area (Å²) in [5.41, 5.74) is 2.25. The molecule has 33 heavy (non-hydrogen) atoms. The van der Waals surface area contributed by atoms with Gasteiger partial charge in [0.25, 0.3) is 0 Å². The second kappa shape index (κ2) is 8.15. The highest BCUT2D eigenvalue weighted by atomic mass is 35.5. The molecule has 7 heteroatoms. The Morgan fingerprint density at radius 1 is 1.06 bits per heavy atom. The molecule has 0 saturated heterocycles. The van der Waals surface area contributed by atoms with Crippen molar-refractivity contribution in [3.8, 4) is 17.2 Å². The van der Waals surface area contributed by atoms with Crippen molar-refractivity contribution in [3.05, 3.63) is 93.9 Å². The summed E-state index contributed by atoms with van der Waals surface area (Å²) in [5.74, 6) is 0.361. The molecular formula is C26H17ClO6. The Morgan fingerprint density at radius 2 is 1.88 bits per heavy atom. The number of para-hydroxylation sites is 1. The number of hydrogen-bond acceptors (Lipinski definition) is 6. The number of rotatable bonds is 4. The molecule has 6 nitrogen and oxygen atoms in total. The predicted molar refractivity (Wildman–Crippen MR) is 123 cm³/mol. The summed E-state index contributed by atoms with van der Waals surface area (Å²) < 4.78 is 22.2. The lowest BCUT2D eigenvalue weighted by Crippen LogP contribution is -2.07. The normalized spacial score (nSPS) is 13.8. The van der Waals surface area contributed by atoms with Gasteiger partial charge < -0.3 is 18.6 Å². The summed E-state index contributed by atoms with van der Waals surface area (Å²) in [4.78, 5) is 25.6. The number of benzene rings is 3. The highest BCUT2D eigenvalue weighted by Crippen LogP contribution is 2.38. The van der Waals surface area contributed by atoms with Crippen LogP contribution in [0.15, 0.2) is 70.8 Å². The maximum atomic E-state index is 12.9. The van der Waals surface area contributed by atoms with Crippen LogP contribution in [-0.2, 0) is 0 Å². The van der Waals surface area contributed by atoms with Crippen LogP contribution in [0.5, 0.6) is 17.2 Å². The van der Waals surface area contributed by atoms with Crippen molar-refractivity contribution in [2.24, 2.45) is 0 Å². The molecule has 4 aromatic rings. The quantitative estimate of drug-likeness (QED) is 0.204. The molecule has 0 bridgehead atoms. The van der Waals surface area contributed by atoms with Crippen LogP contribution in [0.1, 0.15) is 32.0 Å². The van der Waals surface area contributed by atoms with Crippen LogP contribution in [0.3, 0.4) is 0 Å². The molecular weight excluding hydrogens is 444 g/mol. The number of halogens is 1. The number of carbonyl (C=O) groups excluding carboxylic acids is 2. The lowest BCUT2D eigenvalue weighted by Gasteiger charge is -2.06. The van der Waals surface area contributed by atoms with Crippen molar-refractivity contribution < 1.29 is 28.2 Å². The van der Waals surface area contributed by atoms with E-state index in [4.69, 9.17) is 30.2 Å². The third-order valence-corrected chi connectivity index (χ3v) is 5.46. The summed E-state index contributed by atoms with van der Waals surface area (Å²) in [6, 6.07) is 17.2. The zero-order chi connectivity index (χ0) is 23.1. The molecule has 0 radical (unpaired) electrons. The lowest BCUT2D eigenvalue weighted by molar-refractivity contribution is 0.0703. The zero-order valence-corrected chi connectivity index (χ0v) is 18.4. The van der Waals surface area contributed by atoms with Gasteiger partial charge in [0, 0.05) is 16.5 Å². The van der Waals surface area contributed by atoms with Crippen molar-refractivity contribution in [2.75, 3.05) is 7.11 Å². The van der Waals surface area contributed by atoms with E-state index in [0.29, 0.717) is 33.2 Å². The smallest absolute Gasteiger partial charge is 0.379 e. The first-order valence-electron chi connectivity index (χ1n) is 10.1. The lowest BCUT2D eigenvalue weighted by atomic mass is 10.0. The fourth-order valence-corrected chi connectivity index (χ4v) is 3.94. The SMILES string of the molecule is COc1cccc2cc(C(=O)Oc3cc(C)c4c(c3)O/C(=C\c3cccc(Cl)c3)C4=O)oc12. The second-order valence-corrected chi connectivity index (χ2v) is 7.92. The number of hydrogen-bond donors (Lipinski definition) is 0. The summed E-state index contributed by atoms with van der Waals surface area (Å²) in [7, 11) is 1.53. The third kappa shape index (κ3) is 3.85. The maximum absolute atomic E-state index is 12.9. The largest absolute Gasteiger partial charge is 0.493 e. The van der Waals surface area contributed by atoms with Crippen molar-refractivity contribution in [1.82, 2.24) is 0 Å². The van der Waals surface area contributed by atoms with Gasteiger partial charge in [0.1, 0.15) is 11.5 Å². The molecule has 0 saturated carbocycles. The molecule has 164 valence electrons. The summed E-state index contributed by atoms with van der Waals surface area (Å²) in [6.45, 7) is 1.76. The number of Topliss-reactive ketones (excluding diaryl/α,β-unsaturated/α-hetero) is 1. The van der Waals surface area contributed by atoms with Crippen molar-refractivity contribution in [1.29, 1.82) is 0 Å². The number of ketones is 1. The number of esters is 1. The van der Waals surface area contributed by atoms with Gasteiger partial charge in [-0.3, -0.25) is 4.79 Å². The Balaban J connectivity index is 1.42. The summed E-state index contributed by atoms with van der Waals surface area (Å²) in [5, 5.41) is 1.28. The van der Waals surface area contributed by atoms with E-state index in [1.807, 2.05) is 12.1 Å². The minimum Gasteiger partial charge on any atom is -0.493 e. The second-order valence-electron chi connectivity index (χ2n) is 7.49. The topological polar surface area (TPSA) is 75.0 Å². The molecule has 0 aliphatic carbocycles. The highest BCUT2D eigenvalue weighted by molar-refractivity contribution is 6.30. The van der Waals surface area contributed by atoms with Crippen LogP contribution in [0.4, 0.5) is 0 Å². The molecule has 0 spiro atoms. The van der Waals surface area contributed by atoms with Gasteiger partial charge in [-0.2, -0.15) is 0 Å². The van der Waals surface area contributed by atoms with Crippen molar-refractivity contribution in [2.45, 2.75) is 6.92 Å². The van der Waals surface area contributed by atoms with Crippen LogP contribution in [-0.4, -0.2) is 18.9 Å². The molecule has 0 fully saturated rings. The van der Waals surface area contributed by atoms with Crippen LogP contribution >= 0.6 is 11.6 Å². The molecule has 0 N–H and O–H groups in total. The van der Waals surface area contributed by atoms with E-state index in [0.717, 1.165) is 10.9 Å². The third-order valence-electron chi connectivity index (χ3n) is 5.23. The zero-order valence-electron chi connectivity index (χ0n) is 17.7. The Morgan fingerprint density at radius 3 is 2.67 bits per heavy atom. The van der Waals surface area contributed by atoms with Crippen LogP contribution < -0.4 is 14.2 Å². The van der Waals surface area contributed by atoms with Gasteiger partial charge in [-0.15, -0.1) is 0 Å². The van der Waals surface area contributed by atoms with Gasteiger partial charge in [0.2, 0.25) is 11.5 Å². The van der Waals surface area contributed by atoms with Crippen LogP contribution in [0.2, 0.25) is 5.02 Å². The Hall–Kier alpha value is -4.03. The van der Waals surface area contributed by atoms with E-state index in [1.165, 1.54) is 13.2 Å². The summed E-state index contributed by atoms with van der Waals surface area (Å²) >= 11 is 6.03. The predicted octanol–water partition coefficient (Wildman–Crippen LogP) is 6.24. The van der Waals surface area contributed by atoms with E-state index in [-0.39, 0.29) is 23.1 Å². The first-order chi connectivity index (χ1) is 15.9. The molecule has 1 aliphatic rings. The number of furan rings is 1. The van der Waals surface area contributed by atoms with E-state index in [9.17, 15) is 9.59 Å². The first-order valence-corrected chi connectivity index (χ1v) is 10.4. The molecule has 0 atom stereocenters. The van der Waals surface area contributed by atoms with Gasteiger partial charge in [-0.1, -0.05) is 35.9 Å². The minimum absolute atomic E-state index is 0.0335. The number of fused-ring (bicyclic) bond motifs is 2. The number of carbonyl (C=O) groups is 2. The number of aryl methyl sites for hydroxylation is 1. The Bertz CT molecular complexity index is 1460. The van der Waals surface area contributed by atoms with E-state index < -0.39 is 5.97 Å². The van der Waals surface area contributed by atoms with Crippen molar-refractivity contribution >= 4 is 40.4 Å². The van der Waals surface area contributed by atoms with Gasteiger partial charge in [-0.25, -0.2) is 4.79 Å². The highest BCUT2D eigenvalue weighted by Gasteiger charge is 2.30. The first kappa shape index (κ1) is 20.8. The number of ether oxygens (including phenoxy) is 3. The molecule has 0 unspecified atom stereocenters. The molecule has 5 rings (SSSR count). The van der Waals surface area contributed by atoms with Gasteiger partial charge >= 0.3 is 5.97 Å². The van der Waals surface area contributed by atoms with Crippen molar-refractivity contribution in [3.63, 3.8) is 0 Å². The fourth-order valence-electron chi connectivity index (χ4n) is 3.74. The standard InChI is InChI=1S/C26H17ClO6/c1-14-9-18(31-26(29)22-12-16-6-4-8-19(30-2)25(16)33-22)13-20-23(14)24(28)21(32-20)11-15-5-3-7-17(27)10-15/h3-13H,1-2H3/b21-11-. The molecule has 3 aromatic carbocycles. The minimum atomic E-state index is -0.674. The monoisotopic (exact) mass is 460 g/mol. The number of methoxy groups -OCH3 is 1. The average Bonchev–Trinajstić information content (AvgIpc) is 3.35. The van der Waals surface area contributed by atoms with Crippen LogP contribution in [0.25, 0.3) is 17.0 Å². The van der Waals surface area contributed by atoms with Crippen LogP contribution in [0, 0.1) is 6.92 Å². The molecule has 1 aromatic heterocycles. The number of allylic oxidation sites excluding steroid dienone is 1. The van der Waals surface area contributed by atoms with Gasteiger partial charge in [-0.05, 0) is 54.5 Å². The van der Waals surface area contributed by atoms with E-state index >= 15 is 0 Å². The average molecular weight is 461 g/mol. The molecule has 1 aliphatic heterocycles. The van der Waals surface area contributed by atoms with Gasteiger partial charge in [0.15, 0.2) is 17.1 Å². The Labute approximate surface area is 193 Å². The summed E-state index contributed by atoms with van der Waals surface area (Å²) in [6.07, 6.45) is 1.63. The van der Waals surface area contributed by atoms with Gasteiger partial charge in [0.05, 0.1) is 12.7 Å². The molecule has 0 amide bonds. The Kier molecular flexibility index (Phi) is 5.15. The molecule has 2 heterocycles. The van der Waals surface area contributed by atoms with E-state index in [2.05, 4.69) is 0 Å². The fraction of sp³-hybridized carbons (Fsp3) is 0.0769. The maximum Gasteiger partial charge on any atom is 0.379 e. The van der Waals surface area contributed by atoms with E-state index in [1.54, 1.807) is 55.5 Å².